The van der Waals surface area contributed by atoms with E-state index in [2.05, 4.69) is 4.90 Å². The summed E-state index contributed by atoms with van der Waals surface area (Å²) in [6.45, 7) is 3.83. The molecule has 0 aromatic rings. The Bertz CT molecular complexity index is 291. The van der Waals surface area contributed by atoms with Crippen molar-refractivity contribution in [3.8, 4) is 0 Å². The van der Waals surface area contributed by atoms with Gasteiger partial charge in [0.15, 0.2) is 0 Å². The van der Waals surface area contributed by atoms with E-state index in [-0.39, 0.29) is 18.5 Å². The molecule has 2 N–H and O–H groups in total. The first kappa shape index (κ1) is 15.1. The van der Waals surface area contributed by atoms with Crippen molar-refractivity contribution in [1.82, 2.24) is 4.90 Å². The van der Waals surface area contributed by atoms with E-state index in [4.69, 9.17) is 5.73 Å². The largest absolute Gasteiger partial charge is 0.391 e. The van der Waals surface area contributed by atoms with Crippen molar-refractivity contribution in [3.63, 3.8) is 0 Å². The van der Waals surface area contributed by atoms with Crippen molar-refractivity contribution in [3.05, 3.63) is 0 Å². The highest BCUT2D eigenvalue weighted by Gasteiger charge is 2.43. The molecule has 0 spiro atoms. The first-order chi connectivity index (χ1) is 8.88. The van der Waals surface area contributed by atoms with Gasteiger partial charge in [0, 0.05) is 18.6 Å². The molecule has 2 fully saturated rings. The van der Waals surface area contributed by atoms with Crippen LogP contribution in [0.5, 0.6) is 0 Å². The molecular formula is C14H25F3N2. The molecule has 1 aliphatic heterocycles. The van der Waals surface area contributed by atoms with Gasteiger partial charge in [0.05, 0.1) is 5.92 Å². The van der Waals surface area contributed by atoms with Gasteiger partial charge in [-0.2, -0.15) is 13.2 Å². The minimum Gasteiger partial charge on any atom is -0.328 e. The molecule has 0 bridgehead atoms. The van der Waals surface area contributed by atoms with Crippen molar-refractivity contribution < 1.29 is 13.2 Å². The second-order valence-corrected chi connectivity index (χ2v) is 6.32. The summed E-state index contributed by atoms with van der Waals surface area (Å²) >= 11 is 0. The van der Waals surface area contributed by atoms with Gasteiger partial charge in [-0.1, -0.05) is 6.42 Å². The Morgan fingerprint density at radius 3 is 2.53 bits per heavy atom. The summed E-state index contributed by atoms with van der Waals surface area (Å²) in [7, 11) is 0. The normalized spacial score (nSPS) is 36.2. The fraction of sp³-hybridized carbons (Fsp3) is 1.00. The molecule has 4 unspecified atom stereocenters. The van der Waals surface area contributed by atoms with Crippen LogP contribution in [0, 0.1) is 11.8 Å². The Morgan fingerprint density at radius 1 is 1.16 bits per heavy atom. The van der Waals surface area contributed by atoms with Gasteiger partial charge in [-0.15, -0.1) is 0 Å². The van der Waals surface area contributed by atoms with Gasteiger partial charge >= 0.3 is 6.18 Å². The number of rotatable bonds is 2. The highest BCUT2D eigenvalue weighted by molar-refractivity contribution is 4.87. The zero-order valence-corrected chi connectivity index (χ0v) is 11.6. The van der Waals surface area contributed by atoms with Crippen LogP contribution in [0.15, 0.2) is 0 Å². The van der Waals surface area contributed by atoms with Gasteiger partial charge in [-0.25, -0.2) is 0 Å². The van der Waals surface area contributed by atoms with Crippen molar-refractivity contribution >= 4 is 0 Å². The maximum Gasteiger partial charge on any atom is 0.391 e. The van der Waals surface area contributed by atoms with Crippen molar-refractivity contribution in [2.24, 2.45) is 17.6 Å². The number of hydrogen-bond donors (Lipinski definition) is 1. The Kier molecular flexibility index (Phi) is 4.77. The molecule has 1 saturated carbocycles. The molecule has 1 heterocycles. The van der Waals surface area contributed by atoms with E-state index in [1.54, 1.807) is 0 Å². The molecule has 1 saturated heterocycles. The highest BCUT2D eigenvalue weighted by atomic mass is 19.4. The SMILES string of the molecule is CC(N)C1CCCN(C2CCCC(C(F)(F)F)C2)C1. The maximum absolute atomic E-state index is 12.8. The summed E-state index contributed by atoms with van der Waals surface area (Å²) in [6.07, 6.45) is 0.379. The standard InChI is InChI=1S/C14H25F3N2/c1-10(18)11-4-3-7-19(9-11)13-6-2-5-12(8-13)14(15,16)17/h10-13H,2-9,18H2,1H3. The molecule has 0 aromatic heterocycles. The lowest BCUT2D eigenvalue weighted by Gasteiger charge is -2.43. The molecule has 112 valence electrons. The lowest BCUT2D eigenvalue weighted by molar-refractivity contribution is -0.187. The van der Waals surface area contributed by atoms with Gasteiger partial charge < -0.3 is 10.6 Å². The molecule has 0 radical (unpaired) electrons. The molecule has 2 rings (SSSR count). The lowest BCUT2D eigenvalue weighted by atomic mass is 9.82. The lowest BCUT2D eigenvalue weighted by Crippen LogP contribution is -2.49. The topological polar surface area (TPSA) is 29.3 Å². The average Bonchev–Trinajstić information content (AvgIpc) is 2.38. The van der Waals surface area contributed by atoms with E-state index >= 15 is 0 Å². The first-order valence-corrected chi connectivity index (χ1v) is 7.44. The van der Waals surface area contributed by atoms with E-state index in [9.17, 15) is 13.2 Å². The van der Waals surface area contributed by atoms with E-state index in [1.807, 2.05) is 6.92 Å². The van der Waals surface area contributed by atoms with Crippen molar-refractivity contribution in [1.29, 1.82) is 0 Å². The van der Waals surface area contributed by atoms with Crippen LogP contribution in [0.2, 0.25) is 0 Å². The van der Waals surface area contributed by atoms with Crippen LogP contribution in [0.25, 0.3) is 0 Å². The minimum absolute atomic E-state index is 0.113. The molecule has 0 amide bonds. The van der Waals surface area contributed by atoms with Crippen molar-refractivity contribution in [2.45, 2.75) is 63.7 Å². The molecule has 2 nitrogen and oxygen atoms in total. The van der Waals surface area contributed by atoms with E-state index < -0.39 is 12.1 Å². The van der Waals surface area contributed by atoms with Crippen LogP contribution < -0.4 is 5.73 Å². The third-order valence-corrected chi connectivity index (χ3v) is 4.86. The van der Waals surface area contributed by atoms with E-state index in [1.165, 1.54) is 0 Å². The monoisotopic (exact) mass is 278 g/mol. The third-order valence-electron chi connectivity index (χ3n) is 4.86. The zero-order valence-electron chi connectivity index (χ0n) is 11.6. The smallest absolute Gasteiger partial charge is 0.328 e. The van der Waals surface area contributed by atoms with Crippen LogP contribution >= 0.6 is 0 Å². The zero-order chi connectivity index (χ0) is 14.0. The van der Waals surface area contributed by atoms with E-state index in [0.717, 1.165) is 32.4 Å². The number of alkyl halides is 3. The minimum atomic E-state index is -4.02. The van der Waals surface area contributed by atoms with Crippen LogP contribution in [-0.4, -0.2) is 36.2 Å². The number of nitrogens with two attached hydrogens (primary N) is 1. The number of nitrogens with zero attached hydrogens (tertiary/aromatic N) is 1. The predicted molar refractivity (Wildman–Crippen MR) is 69.7 cm³/mol. The summed E-state index contributed by atoms with van der Waals surface area (Å²) in [4.78, 5) is 2.27. The molecule has 5 heteroatoms. The van der Waals surface area contributed by atoms with Crippen LogP contribution in [0.3, 0.4) is 0 Å². The number of likely N-dealkylation sites (tertiary alicyclic amines) is 1. The fourth-order valence-electron chi connectivity index (χ4n) is 3.59. The second kappa shape index (κ2) is 6.00. The Balaban J connectivity index is 1.93. The quantitative estimate of drug-likeness (QED) is 0.840. The highest BCUT2D eigenvalue weighted by Crippen LogP contribution is 2.39. The maximum atomic E-state index is 12.8. The summed E-state index contributed by atoms with van der Waals surface area (Å²) in [5.74, 6) is -0.651. The van der Waals surface area contributed by atoms with Crippen LogP contribution in [0.1, 0.15) is 45.4 Å². The van der Waals surface area contributed by atoms with Crippen LogP contribution in [-0.2, 0) is 0 Å². The number of piperidine rings is 1. The molecule has 0 aromatic carbocycles. The first-order valence-electron chi connectivity index (χ1n) is 7.44. The van der Waals surface area contributed by atoms with Gasteiger partial charge in [-0.05, 0) is 51.5 Å². The van der Waals surface area contributed by atoms with E-state index in [0.29, 0.717) is 18.8 Å². The van der Waals surface area contributed by atoms with Crippen molar-refractivity contribution in [2.75, 3.05) is 13.1 Å². The molecule has 19 heavy (non-hydrogen) atoms. The summed E-state index contributed by atoms with van der Waals surface area (Å²) in [5.41, 5.74) is 5.95. The Morgan fingerprint density at radius 2 is 1.89 bits per heavy atom. The van der Waals surface area contributed by atoms with Gasteiger partial charge in [0.25, 0.3) is 0 Å². The van der Waals surface area contributed by atoms with Crippen LogP contribution in [0.4, 0.5) is 13.2 Å². The Hall–Kier alpha value is -0.290. The third kappa shape index (κ3) is 3.85. The Labute approximate surface area is 113 Å². The fourth-order valence-corrected chi connectivity index (χ4v) is 3.59. The molecule has 4 atom stereocenters. The van der Waals surface area contributed by atoms with Gasteiger partial charge in [0.2, 0.25) is 0 Å². The number of halogens is 3. The molecule has 2 aliphatic rings. The summed E-state index contributed by atoms with van der Waals surface area (Å²) in [5, 5.41) is 0. The number of hydrogen-bond acceptors (Lipinski definition) is 2. The van der Waals surface area contributed by atoms with Gasteiger partial charge in [-0.3, -0.25) is 0 Å². The van der Waals surface area contributed by atoms with Gasteiger partial charge in [0.1, 0.15) is 0 Å². The summed E-state index contributed by atoms with van der Waals surface area (Å²) in [6, 6.07) is 0.256. The second-order valence-electron chi connectivity index (χ2n) is 6.32. The average molecular weight is 278 g/mol. The summed E-state index contributed by atoms with van der Waals surface area (Å²) < 4.78 is 38.5. The molecular weight excluding hydrogens is 253 g/mol. The molecule has 1 aliphatic carbocycles. The predicted octanol–water partition coefficient (Wildman–Crippen LogP) is 3.17.